The van der Waals surface area contributed by atoms with Crippen molar-refractivity contribution in [2.75, 3.05) is 0 Å². The molecule has 0 N–H and O–H groups in total. The Bertz CT molecular complexity index is 535. The largest absolute Gasteiger partial charge is 0.292 e. The van der Waals surface area contributed by atoms with Gasteiger partial charge in [0.1, 0.15) is 5.69 Å². The lowest BCUT2D eigenvalue weighted by molar-refractivity contribution is 0.0968. The van der Waals surface area contributed by atoms with Crippen LogP contribution in [0.3, 0.4) is 0 Å². The summed E-state index contributed by atoms with van der Waals surface area (Å²) in [5.41, 5.74) is 0.638. The van der Waals surface area contributed by atoms with Gasteiger partial charge in [-0.3, -0.25) is 4.79 Å². The van der Waals surface area contributed by atoms with Gasteiger partial charge in [0, 0.05) is 23.7 Å². The van der Waals surface area contributed by atoms with Crippen LogP contribution in [0.2, 0.25) is 0 Å². The molecule has 3 rings (SSSR count). The summed E-state index contributed by atoms with van der Waals surface area (Å²) in [6, 6.07) is 1.77. The van der Waals surface area contributed by atoms with Crippen molar-refractivity contribution in [3.05, 3.63) is 29.0 Å². The van der Waals surface area contributed by atoms with Crippen molar-refractivity contribution in [3.8, 4) is 10.8 Å². The van der Waals surface area contributed by atoms with Gasteiger partial charge in [0.25, 0.3) is 0 Å². The lowest BCUT2D eigenvalue weighted by atomic mass is 10.0. The molecule has 2 heterocycles. The number of nitrogens with zero attached hydrogens (tertiary/aromatic N) is 3. The summed E-state index contributed by atoms with van der Waals surface area (Å²) in [7, 11) is 0. The van der Waals surface area contributed by atoms with E-state index in [9.17, 15) is 4.79 Å². The molecule has 16 heavy (non-hydrogen) atoms. The Morgan fingerprint density at radius 1 is 1.19 bits per heavy atom. The fourth-order valence-corrected chi connectivity index (χ4v) is 2.84. The predicted octanol–water partition coefficient (Wildman–Crippen LogP) is 2.12. The van der Waals surface area contributed by atoms with Crippen LogP contribution in [0, 0.1) is 0 Å². The molecule has 0 bridgehead atoms. The Labute approximate surface area is 96.4 Å². The van der Waals surface area contributed by atoms with Gasteiger partial charge in [-0.05, 0) is 18.9 Å². The van der Waals surface area contributed by atoms with Gasteiger partial charge >= 0.3 is 0 Å². The number of ketones is 1. The number of hydrogen-bond acceptors (Lipinski definition) is 5. The van der Waals surface area contributed by atoms with Crippen molar-refractivity contribution in [2.24, 2.45) is 0 Å². The maximum atomic E-state index is 11.6. The first kappa shape index (κ1) is 9.59. The van der Waals surface area contributed by atoms with E-state index in [-0.39, 0.29) is 5.78 Å². The lowest BCUT2D eigenvalue weighted by Gasteiger charge is -2.06. The fourth-order valence-electron chi connectivity index (χ4n) is 1.77. The zero-order chi connectivity index (χ0) is 11.0. The minimum Gasteiger partial charge on any atom is -0.292 e. The number of aryl methyl sites for hydroxylation is 1. The van der Waals surface area contributed by atoms with E-state index in [4.69, 9.17) is 0 Å². The highest BCUT2D eigenvalue weighted by Gasteiger charge is 2.23. The van der Waals surface area contributed by atoms with E-state index in [0.717, 1.165) is 22.7 Å². The maximum Gasteiger partial charge on any atom is 0.188 e. The quantitative estimate of drug-likeness (QED) is 0.754. The highest BCUT2D eigenvalue weighted by molar-refractivity contribution is 7.15. The second-order valence-corrected chi connectivity index (χ2v) is 4.72. The smallest absolute Gasteiger partial charge is 0.188 e. The molecule has 2 aromatic rings. The van der Waals surface area contributed by atoms with Gasteiger partial charge in [-0.15, -0.1) is 11.3 Å². The van der Waals surface area contributed by atoms with Crippen molar-refractivity contribution in [1.82, 2.24) is 15.0 Å². The number of carbonyl (C=O) groups is 1. The molecule has 2 aromatic heterocycles. The molecule has 80 valence electrons. The van der Waals surface area contributed by atoms with Crippen LogP contribution in [-0.4, -0.2) is 20.7 Å². The zero-order valence-corrected chi connectivity index (χ0v) is 9.33. The maximum absolute atomic E-state index is 11.6. The first-order valence-corrected chi connectivity index (χ1v) is 5.96. The van der Waals surface area contributed by atoms with E-state index >= 15 is 0 Å². The molecular formula is C11H9N3OS. The van der Waals surface area contributed by atoms with Crippen molar-refractivity contribution in [2.45, 2.75) is 19.3 Å². The third-order valence-corrected chi connectivity index (χ3v) is 3.64. The molecule has 0 spiro atoms. The molecule has 0 unspecified atom stereocenters. The third kappa shape index (κ3) is 1.53. The van der Waals surface area contributed by atoms with Crippen LogP contribution in [-0.2, 0) is 6.42 Å². The fraction of sp³-hybridized carbons (Fsp3) is 0.273. The number of thiazole rings is 1. The Kier molecular flexibility index (Phi) is 2.25. The second-order valence-electron chi connectivity index (χ2n) is 3.64. The monoisotopic (exact) mass is 231 g/mol. The van der Waals surface area contributed by atoms with Crippen molar-refractivity contribution < 1.29 is 4.79 Å². The van der Waals surface area contributed by atoms with Crippen LogP contribution in [0.4, 0.5) is 0 Å². The summed E-state index contributed by atoms with van der Waals surface area (Å²) in [4.78, 5) is 25.3. The van der Waals surface area contributed by atoms with Gasteiger partial charge in [0.2, 0.25) is 0 Å². The molecule has 0 aliphatic heterocycles. The van der Waals surface area contributed by atoms with E-state index in [0.29, 0.717) is 17.9 Å². The molecule has 0 saturated carbocycles. The van der Waals surface area contributed by atoms with Crippen LogP contribution in [0.5, 0.6) is 0 Å². The van der Waals surface area contributed by atoms with Crippen LogP contribution in [0.15, 0.2) is 18.5 Å². The highest BCUT2D eigenvalue weighted by Crippen LogP contribution is 2.30. The molecular weight excluding hydrogens is 222 g/mol. The number of Topliss-reactive ketones (excluding diaryl/α,β-unsaturated/α-hetero) is 1. The first-order chi connectivity index (χ1) is 7.84. The highest BCUT2D eigenvalue weighted by atomic mass is 32.1. The summed E-state index contributed by atoms with van der Waals surface area (Å²) in [6.07, 6.45) is 5.87. The Hall–Kier alpha value is -1.62. The Morgan fingerprint density at radius 3 is 2.75 bits per heavy atom. The molecule has 0 atom stereocenters. The summed E-state index contributed by atoms with van der Waals surface area (Å²) in [6.45, 7) is 0. The molecule has 0 radical (unpaired) electrons. The van der Waals surface area contributed by atoms with E-state index in [1.807, 2.05) is 0 Å². The van der Waals surface area contributed by atoms with Crippen LogP contribution >= 0.6 is 11.3 Å². The average Bonchev–Trinajstić information content (AvgIpc) is 2.76. The number of hydrogen-bond donors (Lipinski definition) is 0. The average molecular weight is 231 g/mol. The second kappa shape index (κ2) is 3.75. The summed E-state index contributed by atoms with van der Waals surface area (Å²) >= 11 is 1.54. The van der Waals surface area contributed by atoms with Crippen molar-refractivity contribution in [1.29, 1.82) is 0 Å². The summed E-state index contributed by atoms with van der Waals surface area (Å²) < 4.78 is 0. The molecule has 0 saturated heterocycles. The normalized spacial score (nSPS) is 14.9. The van der Waals surface area contributed by atoms with Gasteiger partial charge in [0.05, 0.1) is 0 Å². The van der Waals surface area contributed by atoms with E-state index in [2.05, 4.69) is 15.0 Å². The minimum atomic E-state index is 0.152. The Balaban J connectivity index is 2.08. The molecule has 0 aromatic carbocycles. The number of fused-ring (bicyclic) bond motifs is 1. The zero-order valence-electron chi connectivity index (χ0n) is 8.51. The minimum absolute atomic E-state index is 0.152. The molecule has 4 nitrogen and oxygen atoms in total. The predicted molar refractivity (Wildman–Crippen MR) is 60.4 cm³/mol. The standard InChI is InChI=1S/C11H9N3OS/c15-7-3-1-4-8-9(7)14-11(16-8)10-12-5-2-6-13-10/h2,5-6H,1,3-4H2. The molecule has 1 aliphatic carbocycles. The van der Waals surface area contributed by atoms with Crippen LogP contribution in [0.25, 0.3) is 10.8 Å². The lowest BCUT2D eigenvalue weighted by Crippen LogP contribution is -2.08. The Morgan fingerprint density at radius 2 is 2.00 bits per heavy atom. The van der Waals surface area contributed by atoms with Gasteiger partial charge in [-0.2, -0.15) is 0 Å². The van der Waals surface area contributed by atoms with E-state index in [1.165, 1.54) is 11.3 Å². The van der Waals surface area contributed by atoms with Crippen molar-refractivity contribution >= 4 is 17.1 Å². The van der Waals surface area contributed by atoms with Gasteiger partial charge in [0.15, 0.2) is 16.6 Å². The molecule has 1 aliphatic rings. The summed E-state index contributed by atoms with van der Waals surface area (Å²) in [5, 5.41) is 0.751. The molecule has 5 heteroatoms. The molecule has 0 fully saturated rings. The van der Waals surface area contributed by atoms with Crippen LogP contribution < -0.4 is 0 Å². The SMILES string of the molecule is O=C1CCCc2sc(-c3ncccn3)nc21. The van der Waals surface area contributed by atoms with Gasteiger partial charge in [-0.1, -0.05) is 0 Å². The van der Waals surface area contributed by atoms with Gasteiger partial charge < -0.3 is 0 Å². The van der Waals surface area contributed by atoms with Gasteiger partial charge in [-0.25, -0.2) is 15.0 Å². The van der Waals surface area contributed by atoms with Crippen LogP contribution in [0.1, 0.15) is 28.2 Å². The molecule has 0 amide bonds. The summed E-state index contributed by atoms with van der Waals surface area (Å²) in [5.74, 6) is 0.759. The topological polar surface area (TPSA) is 55.7 Å². The number of aromatic nitrogens is 3. The first-order valence-electron chi connectivity index (χ1n) is 5.15. The van der Waals surface area contributed by atoms with Crippen molar-refractivity contribution in [3.63, 3.8) is 0 Å². The number of carbonyl (C=O) groups excluding carboxylic acids is 1. The third-order valence-electron chi connectivity index (χ3n) is 2.53. The van der Waals surface area contributed by atoms with E-state index in [1.54, 1.807) is 18.5 Å². The van der Waals surface area contributed by atoms with E-state index < -0.39 is 0 Å². The number of rotatable bonds is 1.